The Bertz CT molecular complexity index is 1200. The lowest BCUT2D eigenvalue weighted by Crippen LogP contribution is -2.11. The molecule has 7 heteroatoms. The Balaban J connectivity index is 1.60. The highest BCUT2D eigenvalue weighted by Crippen LogP contribution is 2.32. The molecule has 0 aliphatic carbocycles. The van der Waals surface area contributed by atoms with E-state index in [0.29, 0.717) is 44.8 Å². The summed E-state index contributed by atoms with van der Waals surface area (Å²) in [6, 6.07) is 17.5. The number of rotatable bonds is 5. The molecule has 0 atom stereocenters. The van der Waals surface area contributed by atoms with Crippen molar-refractivity contribution in [1.82, 2.24) is 4.98 Å². The number of amides is 1. The highest BCUT2D eigenvalue weighted by molar-refractivity contribution is 6.32. The summed E-state index contributed by atoms with van der Waals surface area (Å²) < 4.78 is 16.1. The van der Waals surface area contributed by atoms with Gasteiger partial charge in [0.25, 0.3) is 5.91 Å². The van der Waals surface area contributed by atoms with Crippen LogP contribution in [0.5, 0.6) is 11.5 Å². The molecule has 1 aromatic heterocycles. The molecule has 0 saturated carbocycles. The zero-order valence-electron chi connectivity index (χ0n) is 15.7. The van der Waals surface area contributed by atoms with Crippen molar-refractivity contribution in [3.63, 3.8) is 0 Å². The summed E-state index contributed by atoms with van der Waals surface area (Å²) in [5.74, 6) is 1.39. The third-order valence-electron chi connectivity index (χ3n) is 4.38. The Hall–Kier alpha value is -3.51. The largest absolute Gasteiger partial charge is 0.497 e. The second-order valence-electron chi connectivity index (χ2n) is 6.24. The van der Waals surface area contributed by atoms with Crippen molar-refractivity contribution in [2.24, 2.45) is 0 Å². The lowest BCUT2D eigenvalue weighted by molar-refractivity contribution is 0.102. The minimum absolute atomic E-state index is 0.242. The van der Waals surface area contributed by atoms with Crippen LogP contribution in [0.15, 0.2) is 65.1 Å². The maximum absolute atomic E-state index is 12.5. The number of oxazole rings is 1. The number of methoxy groups -OCH3 is 2. The number of halogens is 1. The molecule has 3 aromatic carbocycles. The Morgan fingerprint density at radius 1 is 1.03 bits per heavy atom. The molecule has 0 radical (unpaired) electrons. The molecule has 0 bridgehead atoms. The SMILES string of the molecule is COc1cccc(C(=O)Nc2ccc3oc(-c4ccc(OC)c(Cl)c4)nc3c2)c1. The van der Waals surface area contributed by atoms with Crippen molar-refractivity contribution in [3.05, 3.63) is 71.2 Å². The molecule has 6 nitrogen and oxygen atoms in total. The molecule has 0 aliphatic heterocycles. The first-order chi connectivity index (χ1) is 14.1. The molecule has 0 unspecified atom stereocenters. The van der Waals surface area contributed by atoms with Gasteiger partial charge in [0.15, 0.2) is 5.58 Å². The van der Waals surface area contributed by atoms with Gasteiger partial charge in [0.1, 0.15) is 17.0 Å². The van der Waals surface area contributed by atoms with E-state index in [-0.39, 0.29) is 5.91 Å². The molecule has 1 heterocycles. The van der Waals surface area contributed by atoms with Crippen molar-refractivity contribution in [2.45, 2.75) is 0 Å². The van der Waals surface area contributed by atoms with E-state index in [1.165, 1.54) is 0 Å². The maximum atomic E-state index is 12.5. The number of hydrogen-bond acceptors (Lipinski definition) is 5. The second kappa shape index (κ2) is 7.85. The fourth-order valence-electron chi connectivity index (χ4n) is 2.90. The lowest BCUT2D eigenvalue weighted by atomic mass is 10.2. The first kappa shape index (κ1) is 18.8. The van der Waals surface area contributed by atoms with Gasteiger partial charge in [0.2, 0.25) is 5.89 Å². The van der Waals surface area contributed by atoms with Gasteiger partial charge in [-0.1, -0.05) is 17.7 Å². The van der Waals surface area contributed by atoms with Crippen LogP contribution in [0.2, 0.25) is 5.02 Å². The molecule has 1 amide bonds. The summed E-state index contributed by atoms with van der Waals surface area (Å²) in [7, 11) is 3.12. The van der Waals surface area contributed by atoms with Gasteiger partial charge in [-0.2, -0.15) is 0 Å². The number of fused-ring (bicyclic) bond motifs is 1. The highest BCUT2D eigenvalue weighted by Gasteiger charge is 2.13. The Labute approximate surface area is 172 Å². The van der Waals surface area contributed by atoms with Gasteiger partial charge in [-0.05, 0) is 54.6 Å². The number of aromatic nitrogens is 1. The number of ether oxygens (including phenoxy) is 2. The quantitative estimate of drug-likeness (QED) is 0.477. The first-order valence-electron chi connectivity index (χ1n) is 8.77. The van der Waals surface area contributed by atoms with Gasteiger partial charge in [-0.3, -0.25) is 4.79 Å². The van der Waals surface area contributed by atoms with Gasteiger partial charge in [0, 0.05) is 16.8 Å². The molecule has 0 aliphatic rings. The van der Waals surface area contributed by atoms with Crippen molar-refractivity contribution in [2.75, 3.05) is 19.5 Å². The topological polar surface area (TPSA) is 73.6 Å². The Kier molecular flexibility index (Phi) is 5.10. The van der Waals surface area contributed by atoms with Crippen molar-refractivity contribution in [3.8, 4) is 23.0 Å². The zero-order chi connectivity index (χ0) is 20.4. The molecule has 4 aromatic rings. The molecule has 146 valence electrons. The van der Waals surface area contributed by atoms with Crippen LogP contribution < -0.4 is 14.8 Å². The van der Waals surface area contributed by atoms with Crippen LogP contribution in [0.25, 0.3) is 22.6 Å². The molecular weight excluding hydrogens is 392 g/mol. The summed E-state index contributed by atoms with van der Waals surface area (Å²) in [5.41, 5.74) is 3.06. The number of benzene rings is 3. The van der Waals surface area contributed by atoms with Crippen LogP contribution in [-0.2, 0) is 0 Å². The smallest absolute Gasteiger partial charge is 0.255 e. The number of nitrogens with one attached hydrogen (secondary N) is 1. The number of hydrogen-bond donors (Lipinski definition) is 1. The third kappa shape index (κ3) is 3.88. The van der Waals surface area contributed by atoms with Crippen LogP contribution in [0.4, 0.5) is 5.69 Å². The maximum Gasteiger partial charge on any atom is 0.255 e. The van der Waals surface area contributed by atoms with Gasteiger partial charge >= 0.3 is 0 Å². The second-order valence-corrected chi connectivity index (χ2v) is 6.64. The Morgan fingerprint density at radius 3 is 2.66 bits per heavy atom. The van der Waals surface area contributed by atoms with E-state index in [0.717, 1.165) is 5.56 Å². The minimum Gasteiger partial charge on any atom is -0.497 e. The number of nitrogens with zero attached hydrogens (tertiary/aromatic N) is 1. The summed E-state index contributed by atoms with van der Waals surface area (Å²) >= 11 is 6.19. The molecule has 0 spiro atoms. The molecule has 0 saturated heterocycles. The molecule has 4 rings (SSSR count). The van der Waals surface area contributed by atoms with Crippen LogP contribution >= 0.6 is 11.6 Å². The van der Waals surface area contributed by atoms with Crippen LogP contribution in [0.1, 0.15) is 10.4 Å². The van der Waals surface area contributed by atoms with Crippen molar-refractivity contribution >= 4 is 34.3 Å². The molecule has 1 N–H and O–H groups in total. The summed E-state index contributed by atoms with van der Waals surface area (Å²) in [4.78, 5) is 17.0. The first-order valence-corrected chi connectivity index (χ1v) is 9.15. The fraction of sp³-hybridized carbons (Fsp3) is 0.0909. The summed E-state index contributed by atoms with van der Waals surface area (Å²) in [5, 5.41) is 3.33. The van der Waals surface area contributed by atoms with Crippen molar-refractivity contribution in [1.29, 1.82) is 0 Å². The number of carbonyl (C=O) groups is 1. The van der Waals surface area contributed by atoms with Crippen LogP contribution in [0.3, 0.4) is 0 Å². The lowest BCUT2D eigenvalue weighted by Gasteiger charge is -2.06. The third-order valence-corrected chi connectivity index (χ3v) is 4.67. The van der Waals surface area contributed by atoms with E-state index >= 15 is 0 Å². The zero-order valence-corrected chi connectivity index (χ0v) is 16.5. The Morgan fingerprint density at radius 2 is 1.90 bits per heavy atom. The van der Waals surface area contributed by atoms with Gasteiger partial charge in [0.05, 0.1) is 19.2 Å². The van der Waals surface area contributed by atoms with E-state index in [2.05, 4.69) is 10.3 Å². The van der Waals surface area contributed by atoms with Gasteiger partial charge in [-0.25, -0.2) is 4.98 Å². The minimum atomic E-state index is -0.242. The predicted octanol–water partition coefficient (Wildman–Crippen LogP) is 5.42. The molecule has 0 fully saturated rings. The van der Waals surface area contributed by atoms with E-state index in [1.807, 2.05) is 6.07 Å². The van der Waals surface area contributed by atoms with E-state index < -0.39 is 0 Å². The van der Waals surface area contributed by atoms with Crippen LogP contribution in [-0.4, -0.2) is 25.1 Å². The van der Waals surface area contributed by atoms with E-state index in [9.17, 15) is 4.79 Å². The number of carbonyl (C=O) groups excluding carboxylic acids is 1. The van der Waals surface area contributed by atoms with E-state index in [1.54, 1.807) is 68.8 Å². The average Bonchev–Trinajstić information content (AvgIpc) is 3.17. The van der Waals surface area contributed by atoms with Crippen molar-refractivity contribution < 1.29 is 18.7 Å². The fourth-order valence-corrected chi connectivity index (χ4v) is 3.15. The van der Waals surface area contributed by atoms with Crippen LogP contribution in [0, 0.1) is 0 Å². The van der Waals surface area contributed by atoms with Gasteiger partial charge < -0.3 is 19.2 Å². The average molecular weight is 409 g/mol. The summed E-state index contributed by atoms with van der Waals surface area (Å²) in [6.45, 7) is 0. The standard InChI is InChI=1S/C22H17ClN2O4/c1-27-16-5-3-4-13(10-16)21(26)24-15-7-9-20-18(12-15)25-22(29-20)14-6-8-19(28-2)17(23)11-14/h3-12H,1-2H3,(H,24,26). The normalized spacial score (nSPS) is 10.7. The monoisotopic (exact) mass is 408 g/mol. The molecular formula is C22H17ClN2O4. The van der Waals surface area contributed by atoms with Gasteiger partial charge in [-0.15, -0.1) is 0 Å². The molecule has 29 heavy (non-hydrogen) atoms. The number of anilines is 1. The van der Waals surface area contributed by atoms with E-state index in [4.69, 9.17) is 25.5 Å². The predicted molar refractivity (Wildman–Crippen MR) is 112 cm³/mol. The highest BCUT2D eigenvalue weighted by atomic mass is 35.5. The summed E-state index contributed by atoms with van der Waals surface area (Å²) in [6.07, 6.45) is 0.